The quantitative estimate of drug-likeness (QED) is 0.708. The molecule has 1 heterocycles. The van der Waals surface area contributed by atoms with Crippen LogP contribution in [0.5, 0.6) is 0 Å². The van der Waals surface area contributed by atoms with Crippen molar-refractivity contribution in [2.24, 2.45) is 0 Å². The van der Waals surface area contributed by atoms with Crippen LogP contribution >= 0.6 is 27.3 Å². The Kier molecular flexibility index (Phi) is 1.81. The molecule has 0 bridgehead atoms. The Labute approximate surface area is 81.1 Å². The Morgan fingerprint density at radius 1 is 1.50 bits per heavy atom. The first-order valence-corrected chi connectivity index (χ1v) is 4.98. The summed E-state index contributed by atoms with van der Waals surface area (Å²) in [5.41, 5.74) is 6.11. The number of fused-ring (bicyclic) bond motifs is 1. The molecule has 2 aromatic rings. The van der Waals surface area contributed by atoms with Crippen molar-refractivity contribution in [3.8, 4) is 0 Å². The van der Waals surface area contributed by atoms with Crippen LogP contribution in [-0.2, 0) is 0 Å². The summed E-state index contributed by atoms with van der Waals surface area (Å²) in [6.45, 7) is 0. The van der Waals surface area contributed by atoms with Gasteiger partial charge < -0.3 is 5.73 Å². The lowest BCUT2D eigenvalue weighted by atomic mass is 10.2. The maximum atomic E-state index is 13.1. The molecule has 0 saturated heterocycles. The second kappa shape index (κ2) is 2.71. The average molecular weight is 246 g/mol. The van der Waals surface area contributed by atoms with E-state index in [-0.39, 0.29) is 5.82 Å². The van der Waals surface area contributed by atoms with Gasteiger partial charge >= 0.3 is 0 Å². The van der Waals surface area contributed by atoms with Crippen molar-refractivity contribution in [3.63, 3.8) is 0 Å². The molecule has 0 atom stereocenters. The van der Waals surface area contributed by atoms with Crippen molar-refractivity contribution < 1.29 is 4.39 Å². The average Bonchev–Trinajstić information content (AvgIpc) is 2.48. The van der Waals surface area contributed by atoms with Gasteiger partial charge in [-0.1, -0.05) is 0 Å². The zero-order valence-corrected chi connectivity index (χ0v) is 8.38. The molecule has 0 saturated carbocycles. The number of nitrogen functional groups attached to an aromatic ring is 1. The van der Waals surface area contributed by atoms with E-state index in [4.69, 9.17) is 5.73 Å². The van der Waals surface area contributed by atoms with Gasteiger partial charge in [0.25, 0.3) is 0 Å². The molecule has 0 radical (unpaired) electrons. The van der Waals surface area contributed by atoms with E-state index >= 15 is 0 Å². The number of thiophene rings is 1. The number of hydrogen-bond acceptors (Lipinski definition) is 2. The second-order valence-electron chi connectivity index (χ2n) is 2.42. The summed E-state index contributed by atoms with van der Waals surface area (Å²) in [4.78, 5) is 0. The largest absolute Gasteiger partial charge is 0.398 e. The van der Waals surface area contributed by atoms with Crippen molar-refractivity contribution in [2.75, 3.05) is 5.73 Å². The van der Waals surface area contributed by atoms with E-state index in [1.165, 1.54) is 17.4 Å². The van der Waals surface area contributed by atoms with Crippen LogP contribution in [0.1, 0.15) is 0 Å². The SMILES string of the molecule is Nc1cc(F)c(Br)c2sccc12. The number of hydrogen-bond donors (Lipinski definition) is 1. The molecule has 1 nitrogen and oxygen atoms in total. The molecule has 2 rings (SSSR count). The third-order valence-corrected chi connectivity index (χ3v) is 3.64. The second-order valence-corrected chi connectivity index (χ2v) is 4.13. The third-order valence-electron chi connectivity index (χ3n) is 1.67. The summed E-state index contributed by atoms with van der Waals surface area (Å²) in [6.07, 6.45) is 0. The Morgan fingerprint density at radius 3 is 3.00 bits per heavy atom. The van der Waals surface area contributed by atoms with Gasteiger partial charge in [0.05, 0.1) is 9.17 Å². The molecule has 0 aliphatic carbocycles. The van der Waals surface area contributed by atoms with Gasteiger partial charge in [-0.25, -0.2) is 4.39 Å². The fourth-order valence-electron chi connectivity index (χ4n) is 1.09. The van der Waals surface area contributed by atoms with Crippen LogP contribution in [0.25, 0.3) is 10.1 Å². The van der Waals surface area contributed by atoms with E-state index in [1.807, 2.05) is 11.4 Å². The molecule has 1 aromatic heterocycles. The summed E-state index contributed by atoms with van der Waals surface area (Å²) < 4.78 is 14.4. The minimum absolute atomic E-state index is 0.303. The molecule has 0 fully saturated rings. The Morgan fingerprint density at radius 2 is 2.25 bits per heavy atom. The fraction of sp³-hybridized carbons (Fsp3) is 0. The molecule has 0 aliphatic heterocycles. The van der Waals surface area contributed by atoms with Gasteiger partial charge in [-0.3, -0.25) is 0 Å². The first-order valence-electron chi connectivity index (χ1n) is 3.31. The number of nitrogens with two attached hydrogens (primary N) is 1. The first-order chi connectivity index (χ1) is 5.70. The van der Waals surface area contributed by atoms with E-state index < -0.39 is 0 Å². The fourth-order valence-corrected chi connectivity index (χ4v) is 2.56. The summed E-state index contributed by atoms with van der Waals surface area (Å²) in [5.74, 6) is -0.303. The zero-order valence-electron chi connectivity index (χ0n) is 5.97. The van der Waals surface area contributed by atoms with Crippen LogP contribution in [0.2, 0.25) is 0 Å². The van der Waals surface area contributed by atoms with Gasteiger partial charge in [0.1, 0.15) is 5.82 Å². The third kappa shape index (κ3) is 1.03. The highest BCUT2D eigenvalue weighted by Crippen LogP contribution is 2.34. The number of rotatable bonds is 0. The van der Waals surface area contributed by atoms with Gasteiger partial charge in [0.15, 0.2) is 0 Å². The van der Waals surface area contributed by atoms with E-state index in [9.17, 15) is 4.39 Å². The van der Waals surface area contributed by atoms with Crippen molar-refractivity contribution in [3.05, 3.63) is 27.8 Å². The van der Waals surface area contributed by atoms with E-state index in [0.717, 1.165) is 10.1 Å². The van der Waals surface area contributed by atoms with Crippen molar-refractivity contribution in [2.45, 2.75) is 0 Å². The highest BCUT2D eigenvalue weighted by Gasteiger charge is 2.08. The maximum absolute atomic E-state index is 13.1. The van der Waals surface area contributed by atoms with Crippen LogP contribution in [0.4, 0.5) is 10.1 Å². The maximum Gasteiger partial charge on any atom is 0.140 e. The van der Waals surface area contributed by atoms with Crippen LogP contribution in [0.3, 0.4) is 0 Å². The van der Waals surface area contributed by atoms with Gasteiger partial charge in [-0.15, -0.1) is 11.3 Å². The molecular weight excluding hydrogens is 241 g/mol. The van der Waals surface area contributed by atoms with E-state index in [1.54, 1.807) is 0 Å². The van der Waals surface area contributed by atoms with Crippen molar-refractivity contribution in [1.29, 1.82) is 0 Å². The summed E-state index contributed by atoms with van der Waals surface area (Å²) in [5, 5.41) is 2.80. The highest BCUT2D eigenvalue weighted by atomic mass is 79.9. The predicted molar refractivity (Wildman–Crippen MR) is 53.9 cm³/mol. The molecule has 0 unspecified atom stereocenters. The van der Waals surface area contributed by atoms with Gasteiger partial charge in [-0.05, 0) is 33.4 Å². The molecule has 2 N–H and O–H groups in total. The number of benzene rings is 1. The molecule has 0 spiro atoms. The van der Waals surface area contributed by atoms with E-state index in [2.05, 4.69) is 15.9 Å². The zero-order chi connectivity index (χ0) is 8.72. The van der Waals surface area contributed by atoms with Crippen molar-refractivity contribution >= 4 is 43.0 Å². The minimum Gasteiger partial charge on any atom is -0.398 e. The molecule has 62 valence electrons. The van der Waals surface area contributed by atoms with E-state index in [0.29, 0.717) is 10.2 Å². The summed E-state index contributed by atoms with van der Waals surface area (Å²) >= 11 is 4.65. The predicted octanol–water partition coefficient (Wildman–Crippen LogP) is 3.39. The Hall–Kier alpha value is -0.610. The monoisotopic (exact) mass is 245 g/mol. The highest BCUT2D eigenvalue weighted by molar-refractivity contribution is 9.10. The van der Waals surface area contributed by atoms with Gasteiger partial charge in [0.2, 0.25) is 0 Å². The first kappa shape index (κ1) is 8.01. The topological polar surface area (TPSA) is 26.0 Å². The minimum atomic E-state index is -0.303. The number of halogens is 2. The molecule has 0 amide bonds. The summed E-state index contributed by atoms with van der Waals surface area (Å²) in [7, 11) is 0. The lowest BCUT2D eigenvalue weighted by Crippen LogP contribution is -1.87. The summed E-state index contributed by atoms with van der Waals surface area (Å²) in [6, 6.07) is 3.22. The molecular formula is C8H5BrFNS. The molecule has 12 heavy (non-hydrogen) atoms. The Balaban J connectivity index is 2.97. The van der Waals surface area contributed by atoms with Crippen LogP contribution in [-0.4, -0.2) is 0 Å². The molecule has 1 aromatic carbocycles. The number of anilines is 1. The Bertz CT molecular complexity index is 438. The standard InChI is InChI=1S/C8H5BrFNS/c9-7-5(10)3-6(11)4-1-2-12-8(4)7/h1-3H,11H2. The van der Waals surface area contributed by atoms with Crippen LogP contribution in [0.15, 0.2) is 22.0 Å². The normalized spacial score (nSPS) is 10.8. The van der Waals surface area contributed by atoms with Gasteiger partial charge in [-0.2, -0.15) is 0 Å². The van der Waals surface area contributed by atoms with Gasteiger partial charge in [0, 0.05) is 11.1 Å². The smallest absolute Gasteiger partial charge is 0.140 e. The van der Waals surface area contributed by atoms with Crippen LogP contribution in [0, 0.1) is 5.82 Å². The lowest BCUT2D eigenvalue weighted by molar-refractivity contribution is 0.624. The van der Waals surface area contributed by atoms with Crippen LogP contribution < -0.4 is 5.73 Å². The van der Waals surface area contributed by atoms with Crippen molar-refractivity contribution in [1.82, 2.24) is 0 Å². The molecule has 0 aliphatic rings. The lowest BCUT2D eigenvalue weighted by Gasteiger charge is -1.99. The molecule has 4 heteroatoms.